The summed E-state index contributed by atoms with van der Waals surface area (Å²) in [5.74, 6) is 0. The number of fused-ring (bicyclic) bond motifs is 1. The van der Waals surface area contributed by atoms with Gasteiger partial charge in [-0.2, -0.15) is 13.1 Å². The molecule has 0 amide bonds. The van der Waals surface area contributed by atoms with E-state index in [-0.39, 0.29) is 6.04 Å². The first-order chi connectivity index (χ1) is 8.52. The van der Waals surface area contributed by atoms with Gasteiger partial charge in [0.1, 0.15) is 0 Å². The van der Waals surface area contributed by atoms with E-state index in [2.05, 4.69) is 9.44 Å². The molecular formula is C12H19N3O2S. The third-order valence-electron chi connectivity index (χ3n) is 3.08. The van der Waals surface area contributed by atoms with Crippen molar-refractivity contribution >= 4 is 15.9 Å². The molecule has 2 rings (SSSR count). The normalized spacial score (nSPS) is 18.8. The van der Waals surface area contributed by atoms with Crippen LogP contribution in [-0.4, -0.2) is 15.0 Å². The second-order valence-corrected chi connectivity index (χ2v) is 6.10. The maximum absolute atomic E-state index is 11.8. The summed E-state index contributed by atoms with van der Waals surface area (Å²) in [5, 5.41) is 0. The second-order valence-electron chi connectivity index (χ2n) is 4.57. The maximum Gasteiger partial charge on any atom is 0.277 e. The minimum absolute atomic E-state index is 0.144. The summed E-state index contributed by atoms with van der Waals surface area (Å²) < 4.78 is 28.8. The molecule has 0 saturated heterocycles. The van der Waals surface area contributed by atoms with Gasteiger partial charge in [-0.05, 0) is 42.5 Å². The van der Waals surface area contributed by atoms with Crippen molar-refractivity contribution in [3.8, 4) is 0 Å². The molecule has 0 saturated carbocycles. The first-order valence-electron chi connectivity index (χ1n) is 6.17. The molecule has 6 heteroatoms. The van der Waals surface area contributed by atoms with Crippen molar-refractivity contribution in [2.45, 2.75) is 32.2 Å². The molecule has 0 spiro atoms. The number of rotatable bonds is 5. The van der Waals surface area contributed by atoms with Crippen LogP contribution in [-0.2, 0) is 16.6 Å². The third kappa shape index (κ3) is 3.01. The number of anilines is 1. The van der Waals surface area contributed by atoms with Crippen LogP contribution in [0.25, 0.3) is 0 Å². The van der Waals surface area contributed by atoms with Crippen molar-refractivity contribution in [1.82, 2.24) is 9.44 Å². The van der Waals surface area contributed by atoms with Crippen LogP contribution in [0.15, 0.2) is 18.2 Å². The van der Waals surface area contributed by atoms with E-state index < -0.39 is 10.2 Å². The number of nitrogen functional groups attached to an aromatic ring is 1. The van der Waals surface area contributed by atoms with E-state index in [1.54, 1.807) is 0 Å². The monoisotopic (exact) mass is 269 g/mol. The van der Waals surface area contributed by atoms with Gasteiger partial charge in [-0.1, -0.05) is 13.0 Å². The average molecular weight is 269 g/mol. The molecule has 0 radical (unpaired) electrons. The molecule has 1 atom stereocenters. The fourth-order valence-corrected chi connectivity index (χ4v) is 3.40. The zero-order chi connectivity index (χ0) is 13.2. The van der Waals surface area contributed by atoms with Gasteiger partial charge < -0.3 is 5.73 Å². The Hall–Kier alpha value is -1.11. The molecule has 18 heavy (non-hydrogen) atoms. The standard InChI is InChI=1S/C12H19N3O2S/c1-2-7-14-18(16,17)15-12-6-3-9-8-10(13)4-5-11(9)12/h4-5,8,12,14-15H,2-3,6-7,13H2,1H3. The lowest BCUT2D eigenvalue weighted by Gasteiger charge is -2.14. The van der Waals surface area contributed by atoms with Crippen molar-refractivity contribution in [1.29, 1.82) is 0 Å². The van der Waals surface area contributed by atoms with Gasteiger partial charge in [0.25, 0.3) is 10.2 Å². The average Bonchev–Trinajstić information content (AvgIpc) is 2.68. The molecule has 0 heterocycles. The number of nitrogens with two attached hydrogens (primary N) is 1. The fraction of sp³-hybridized carbons (Fsp3) is 0.500. The summed E-state index contributed by atoms with van der Waals surface area (Å²) in [7, 11) is -3.41. The van der Waals surface area contributed by atoms with E-state index in [4.69, 9.17) is 5.73 Å². The molecule has 100 valence electrons. The van der Waals surface area contributed by atoms with Crippen molar-refractivity contribution in [2.75, 3.05) is 12.3 Å². The summed E-state index contributed by atoms with van der Waals surface area (Å²) >= 11 is 0. The molecule has 1 aliphatic carbocycles. The molecule has 4 N–H and O–H groups in total. The summed E-state index contributed by atoms with van der Waals surface area (Å²) in [6.45, 7) is 2.38. The van der Waals surface area contributed by atoms with Gasteiger partial charge in [-0.3, -0.25) is 0 Å². The highest BCUT2D eigenvalue weighted by Crippen LogP contribution is 2.32. The lowest BCUT2D eigenvalue weighted by Crippen LogP contribution is -2.38. The van der Waals surface area contributed by atoms with Crippen molar-refractivity contribution in [3.05, 3.63) is 29.3 Å². The molecule has 0 aromatic heterocycles. The minimum atomic E-state index is -3.41. The number of aryl methyl sites for hydroxylation is 1. The van der Waals surface area contributed by atoms with Crippen molar-refractivity contribution in [2.24, 2.45) is 0 Å². The summed E-state index contributed by atoms with van der Waals surface area (Å²) in [4.78, 5) is 0. The van der Waals surface area contributed by atoms with Crippen LogP contribution in [0.4, 0.5) is 5.69 Å². The van der Waals surface area contributed by atoms with E-state index in [0.29, 0.717) is 6.54 Å². The van der Waals surface area contributed by atoms with E-state index in [0.717, 1.165) is 36.1 Å². The summed E-state index contributed by atoms with van der Waals surface area (Å²) in [6, 6.07) is 5.49. The molecule has 0 aliphatic heterocycles. The predicted molar refractivity (Wildman–Crippen MR) is 72.3 cm³/mol. The van der Waals surface area contributed by atoms with Gasteiger partial charge in [0, 0.05) is 18.3 Å². The van der Waals surface area contributed by atoms with E-state index >= 15 is 0 Å². The fourth-order valence-electron chi connectivity index (χ4n) is 2.23. The molecule has 0 bridgehead atoms. The molecule has 1 unspecified atom stereocenters. The Morgan fingerprint density at radius 3 is 2.94 bits per heavy atom. The topological polar surface area (TPSA) is 84.2 Å². The van der Waals surface area contributed by atoms with E-state index in [1.165, 1.54) is 0 Å². The smallest absolute Gasteiger partial charge is 0.277 e. The Bertz CT molecular complexity index is 528. The van der Waals surface area contributed by atoms with Gasteiger partial charge in [-0.25, -0.2) is 4.72 Å². The number of nitrogens with one attached hydrogen (secondary N) is 2. The number of hydrogen-bond donors (Lipinski definition) is 3. The van der Waals surface area contributed by atoms with Gasteiger partial charge in [0.05, 0.1) is 0 Å². The largest absolute Gasteiger partial charge is 0.399 e. The molecule has 1 aromatic carbocycles. The lowest BCUT2D eigenvalue weighted by atomic mass is 10.1. The first-order valence-corrected chi connectivity index (χ1v) is 7.65. The summed E-state index contributed by atoms with van der Waals surface area (Å²) in [5.41, 5.74) is 8.61. The van der Waals surface area contributed by atoms with Crippen LogP contribution < -0.4 is 15.2 Å². The van der Waals surface area contributed by atoms with Crippen LogP contribution in [0.1, 0.15) is 36.9 Å². The number of benzene rings is 1. The molecule has 1 aromatic rings. The highest BCUT2D eigenvalue weighted by Gasteiger charge is 2.26. The quantitative estimate of drug-likeness (QED) is 0.700. The molecular weight excluding hydrogens is 250 g/mol. The molecule has 5 nitrogen and oxygen atoms in total. The van der Waals surface area contributed by atoms with Crippen molar-refractivity contribution in [3.63, 3.8) is 0 Å². The number of hydrogen-bond acceptors (Lipinski definition) is 3. The van der Waals surface area contributed by atoms with E-state index in [1.807, 2.05) is 25.1 Å². The first kappa shape index (κ1) is 13.3. The predicted octanol–water partition coefficient (Wildman–Crippen LogP) is 1.09. The Labute approximate surface area is 108 Å². The lowest BCUT2D eigenvalue weighted by molar-refractivity contribution is 0.540. The van der Waals surface area contributed by atoms with Gasteiger partial charge in [0.15, 0.2) is 0 Å². The van der Waals surface area contributed by atoms with E-state index in [9.17, 15) is 8.42 Å². The van der Waals surface area contributed by atoms with Gasteiger partial charge >= 0.3 is 0 Å². The van der Waals surface area contributed by atoms with Crippen LogP contribution in [0.3, 0.4) is 0 Å². The summed E-state index contributed by atoms with van der Waals surface area (Å²) in [6.07, 6.45) is 2.42. The Kier molecular flexibility index (Phi) is 3.89. The second kappa shape index (κ2) is 5.26. The van der Waals surface area contributed by atoms with Crippen LogP contribution in [0, 0.1) is 0 Å². The maximum atomic E-state index is 11.8. The minimum Gasteiger partial charge on any atom is -0.399 e. The van der Waals surface area contributed by atoms with Crippen molar-refractivity contribution < 1.29 is 8.42 Å². The van der Waals surface area contributed by atoms with Crippen LogP contribution in [0.5, 0.6) is 0 Å². The third-order valence-corrected chi connectivity index (χ3v) is 4.26. The molecule has 0 fully saturated rings. The van der Waals surface area contributed by atoms with Crippen LogP contribution >= 0.6 is 0 Å². The Morgan fingerprint density at radius 1 is 1.44 bits per heavy atom. The highest BCUT2D eigenvalue weighted by molar-refractivity contribution is 7.87. The zero-order valence-corrected chi connectivity index (χ0v) is 11.3. The highest BCUT2D eigenvalue weighted by atomic mass is 32.2. The molecule has 1 aliphatic rings. The van der Waals surface area contributed by atoms with Crippen LogP contribution in [0.2, 0.25) is 0 Å². The zero-order valence-electron chi connectivity index (χ0n) is 10.4. The Morgan fingerprint density at radius 2 is 2.22 bits per heavy atom. The SMILES string of the molecule is CCCNS(=O)(=O)NC1CCc2cc(N)ccc21. The Balaban J connectivity index is 2.10. The van der Waals surface area contributed by atoms with Gasteiger partial charge in [0.2, 0.25) is 0 Å². The van der Waals surface area contributed by atoms with Gasteiger partial charge in [-0.15, -0.1) is 0 Å².